The summed E-state index contributed by atoms with van der Waals surface area (Å²) in [5.74, 6) is 0.815. The van der Waals surface area contributed by atoms with Gasteiger partial charge in [-0.05, 0) is 206 Å². The molecule has 10 rings (SSSR count). The molecule has 5 N–H and O–H groups in total. The molecule has 4 fully saturated rings. The summed E-state index contributed by atoms with van der Waals surface area (Å²) in [7, 11) is 0. The predicted octanol–water partition coefficient (Wildman–Crippen LogP) is 9.64. The van der Waals surface area contributed by atoms with E-state index in [2.05, 4.69) is 86.1 Å². The van der Waals surface area contributed by atoms with Crippen molar-refractivity contribution in [3.63, 3.8) is 0 Å². The van der Waals surface area contributed by atoms with Crippen molar-refractivity contribution in [1.29, 1.82) is 0 Å². The van der Waals surface area contributed by atoms with Gasteiger partial charge in [-0.3, -0.25) is 29.3 Å². The largest absolute Gasteiger partial charge is 0.378 e. The van der Waals surface area contributed by atoms with E-state index in [0.29, 0.717) is 79.4 Å². The Morgan fingerprint density at radius 1 is 0.597 bits per heavy atom. The fourth-order valence-electron chi connectivity index (χ4n) is 12.6. The number of nitrogens with one attached hydrogen (secondary N) is 1. The van der Waals surface area contributed by atoms with Crippen LogP contribution in [0.15, 0.2) is 66.7 Å². The van der Waals surface area contributed by atoms with Crippen molar-refractivity contribution in [1.82, 2.24) is 30.0 Å². The van der Waals surface area contributed by atoms with Gasteiger partial charge in [0.25, 0.3) is 0 Å². The van der Waals surface area contributed by atoms with Crippen LogP contribution in [0.2, 0.25) is 10.0 Å². The molecule has 4 aromatic rings. The van der Waals surface area contributed by atoms with E-state index in [9.17, 15) is 24.6 Å². The van der Waals surface area contributed by atoms with Crippen molar-refractivity contribution in [2.24, 2.45) is 29.4 Å². The smallest absolute Gasteiger partial charge is 0.231 e. The minimum absolute atomic E-state index is 0.0443. The fourth-order valence-corrected chi connectivity index (χ4v) is 15.7. The second-order valence-corrected chi connectivity index (χ2v) is 25.2. The standard InChI is InChI=1S/C28H33Br2ClN4O3.C26H30Br2ClN3O2/c29-21-12-19-2-1-18-13-22(31)14-23(30)26(18)28(38,27(19)33-15-21)20-5-9-35(10-6-20)25(37)11-17-3-7-34(8-4-17)16-24(32)36;27-20-12-18-2-1-17-13-21(29)14-22(28)24(17)26(34,25(18)31-15-20)19-5-9-32(10-6-19)23(33)11-16-3-7-30-8-4-16/h12-15,17,20,38H,1-11,16H2,(H2,32,36);12-16,19,30,34H,1-11H2. The molecule has 2 aromatic heterocycles. The van der Waals surface area contributed by atoms with E-state index < -0.39 is 11.2 Å². The lowest BCUT2D eigenvalue weighted by Crippen LogP contribution is -2.47. The van der Waals surface area contributed by atoms with Crippen LogP contribution in [0.5, 0.6) is 0 Å². The second-order valence-electron chi connectivity index (χ2n) is 20.8. The van der Waals surface area contributed by atoms with E-state index in [-0.39, 0.29) is 36.1 Å². The molecule has 2 unspecified atom stereocenters. The molecule has 2 aliphatic carbocycles. The summed E-state index contributed by atoms with van der Waals surface area (Å²) in [4.78, 5) is 53.0. The van der Waals surface area contributed by atoms with Crippen molar-refractivity contribution < 1.29 is 24.6 Å². The van der Waals surface area contributed by atoms with Crippen molar-refractivity contribution in [3.8, 4) is 0 Å². The number of fused-ring (bicyclic) bond motifs is 4. The van der Waals surface area contributed by atoms with E-state index in [4.69, 9.17) is 38.9 Å². The van der Waals surface area contributed by atoms with Crippen LogP contribution in [0.3, 0.4) is 0 Å². The Morgan fingerprint density at radius 3 is 1.42 bits per heavy atom. The number of aryl methyl sites for hydroxylation is 4. The highest BCUT2D eigenvalue weighted by Crippen LogP contribution is 2.51. The van der Waals surface area contributed by atoms with Crippen LogP contribution >= 0.6 is 86.9 Å². The number of carbonyl (C=O) groups excluding carboxylic acids is 3. The third kappa shape index (κ3) is 11.7. The molecular weight excluding hydrogens is 1220 g/mol. The number of benzene rings is 2. The molecule has 4 saturated heterocycles. The maximum atomic E-state index is 13.2. The lowest BCUT2D eigenvalue weighted by Gasteiger charge is -2.43. The molecule has 6 heterocycles. The number of amides is 3. The number of halogens is 6. The van der Waals surface area contributed by atoms with Crippen molar-refractivity contribution in [2.75, 3.05) is 58.9 Å². The van der Waals surface area contributed by atoms with Crippen LogP contribution in [0.4, 0.5) is 0 Å². The quantitative estimate of drug-likeness (QED) is 0.135. The minimum Gasteiger partial charge on any atom is -0.378 e. The van der Waals surface area contributed by atoms with Crippen LogP contribution in [0.1, 0.15) is 109 Å². The molecule has 72 heavy (non-hydrogen) atoms. The summed E-state index contributed by atoms with van der Waals surface area (Å²) >= 11 is 27.3. The van der Waals surface area contributed by atoms with Gasteiger partial charge in [0.2, 0.25) is 17.7 Å². The third-order valence-electron chi connectivity index (χ3n) is 16.3. The zero-order valence-electron chi connectivity index (χ0n) is 40.4. The fraction of sp³-hybridized carbons (Fsp3) is 0.537. The third-order valence-corrected chi connectivity index (χ3v) is 18.9. The summed E-state index contributed by atoms with van der Waals surface area (Å²) < 4.78 is 3.42. The average molecular weight is 1280 g/mol. The number of piperidine rings is 4. The van der Waals surface area contributed by atoms with Gasteiger partial charge in [-0.1, -0.05) is 55.1 Å². The first-order valence-electron chi connectivity index (χ1n) is 25.5. The van der Waals surface area contributed by atoms with Gasteiger partial charge < -0.3 is 31.1 Å². The number of carbonyl (C=O) groups is 3. The van der Waals surface area contributed by atoms with Gasteiger partial charge in [0.1, 0.15) is 11.2 Å². The van der Waals surface area contributed by atoms with Crippen LogP contribution in [0, 0.1) is 23.7 Å². The number of primary amides is 1. The molecule has 4 aliphatic heterocycles. The summed E-state index contributed by atoms with van der Waals surface area (Å²) in [5, 5.41) is 29.9. The first kappa shape index (κ1) is 54.3. The van der Waals surface area contributed by atoms with E-state index in [1.54, 1.807) is 12.4 Å². The van der Waals surface area contributed by atoms with Gasteiger partial charge in [-0.25, -0.2) is 0 Å². The van der Waals surface area contributed by atoms with Gasteiger partial charge in [0.15, 0.2) is 0 Å². The summed E-state index contributed by atoms with van der Waals surface area (Å²) in [6.45, 7) is 6.47. The Kier molecular flexibility index (Phi) is 17.6. The minimum atomic E-state index is -1.28. The van der Waals surface area contributed by atoms with Gasteiger partial charge in [0, 0.05) is 102 Å². The Morgan fingerprint density at radius 2 is 1.00 bits per heavy atom. The molecule has 0 radical (unpaired) electrons. The number of rotatable bonds is 8. The molecule has 2 aromatic carbocycles. The monoisotopic (exact) mass is 1280 g/mol. The van der Waals surface area contributed by atoms with Gasteiger partial charge in [0.05, 0.1) is 17.9 Å². The zero-order chi connectivity index (χ0) is 50.9. The molecule has 386 valence electrons. The van der Waals surface area contributed by atoms with Crippen LogP contribution in [-0.2, 0) is 51.3 Å². The number of hydrogen-bond donors (Lipinski definition) is 4. The molecule has 0 spiro atoms. The lowest BCUT2D eigenvalue weighted by atomic mass is 9.72. The Bertz CT molecular complexity index is 2670. The van der Waals surface area contributed by atoms with Crippen LogP contribution in [0.25, 0.3) is 0 Å². The highest BCUT2D eigenvalue weighted by molar-refractivity contribution is 9.11. The number of hydrogen-bond acceptors (Lipinski definition) is 9. The topological polar surface area (TPSA) is 165 Å². The van der Waals surface area contributed by atoms with Gasteiger partial charge >= 0.3 is 0 Å². The SMILES string of the molecule is NC(=O)CN1CCC(CC(=O)N2CCC(C3(O)c4ncc(Br)cc4CCc4cc(Cl)cc(Br)c43)CC2)CC1.O=C(CC1CCNCC1)N1CCC(C2(O)c3ncc(Br)cc3CCc3cc(Cl)cc(Br)c32)CC1. The van der Waals surface area contributed by atoms with E-state index >= 15 is 0 Å². The number of aromatic nitrogens is 2. The number of pyridine rings is 2. The summed E-state index contributed by atoms with van der Waals surface area (Å²) in [5.41, 5.74) is 10.1. The Labute approximate surface area is 466 Å². The molecular formula is C54H63Br4Cl2N7O5. The second kappa shape index (κ2) is 23.4. The molecule has 3 amide bonds. The Balaban J connectivity index is 0.000000179. The first-order chi connectivity index (χ1) is 34.5. The summed E-state index contributed by atoms with van der Waals surface area (Å²) in [6, 6.07) is 11.8. The molecule has 0 bridgehead atoms. The number of nitrogens with zero attached hydrogens (tertiary/aromatic N) is 5. The molecule has 12 nitrogen and oxygen atoms in total. The highest BCUT2D eigenvalue weighted by atomic mass is 79.9. The molecule has 2 atom stereocenters. The van der Waals surface area contributed by atoms with Crippen LogP contribution < -0.4 is 11.1 Å². The van der Waals surface area contributed by atoms with Crippen molar-refractivity contribution in [3.05, 3.63) is 121 Å². The number of aliphatic hydroxyl groups is 2. The predicted molar refractivity (Wildman–Crippen MR) is 295 cm³/mol. The zero-order valence-corrected chi connectivity index (χ0v) is 48.2. The maximum absolute atomic E-state index is 13.2. The highest BCUT2D eigenvalue weighted by Gasteiger charge is 2.50. The average Bonchev–Trinajstić information content (AvgIpc) is 3.56. The maximum Gasteiger partial charge on any atom is 0.231 e. The van der Waals surface area contributed by atoms with Crippen molar-refractivity contribution >= 4 is 105 Å². The normalized spacial score (nSPS) is 23.4. The lowest BCUT2D eigenvalue weighted by molar-refractivity contribution is -0.136. The van der Waals surface area contributed by atoms with E-state index in [1.165, 1.54) is 0 Å². The van der Waals surface area contributed by atoms with Gasteiger partial charge in [-0.2, -0.15) is 0 Å². The Hall–Kier alpha value is -2.51. The first-order valence-corrected chi connectivity index (χ1v) is 29.4. The molecule has 6 aliphatic rings. The van der Waals surface area contributed by atoms with E-state index in [0.717, 1.165) is 147 Å². The molecule has 0 saturated carbocycles. The van der Waals surface area contributed by atoms with Crippen molar-refractivity contribution in [2.45, 2.75) is 101 Å². The summed E-state index contributed by atoms with van der Waals surface area (Å²) in [6.07, 6.45) is 14.6. The number of nitrogens with two attached hydrogens (primary N) is 1. The van der Waals surface area contributed by atoms with Gasteiger partial charge in [-0.15, -0.1) is 0 Å². The van der Waals surface area contributed by atoms with Crippen LogP contribution in [-0.4, -0.2) is 112 Å². The molecule has 18 heteroatoms. The van der Waals surface area contributed by atoms with E-state index in [1.807, 2.05) is 34.1 Å². The number of likely N-dealkylation sites (tertiary alicyclic amines) is 3.